The minimum Gasteiger partial charge on any atom is -0.480 e. The fourth-order valence-electron chi connectivity index (χ4n) is 6.73. The van der Waals surface area contributed by atoms with Crippen LogP contribution in [0.5, 0.6) is 0 Å². The van der Waals surface area contributed by atoms with E-state index in [2.05, 4.69) is 9.29 Å². The number of hydrogen-bond acceptors (Lipinski definition) is 9. The Kier molecular flexibility index (Phi) is 10.6. The van der Waals surface area contributed by atoms with E-state index in [0.717, 1.165) is 35.5 Å². The lowest BCUT2D eigenvalue weighted by atomic mass is 9.63. The molecule has 0 saturated heterocycles. The average Bonchev–Trinajstić information content (AvgIpc) is 3.57. The van der Waals surface area contributed by atoms with Crippen LogP contribution in [0.1, 0.15) is 43.2 Å². The molecule has 0 radical (unpaired) electrons. The number of sulfonamides is 1. The van der Waals surface area contributed by atoms with Gasteiger partial charge in [0.2, 0.25) is 15.5 Å². The molecular weight excluding hydrogens is 758 g/mol. The molecule has 6 rings (SSSR count). The van der Waals surface area contributed by atoms with Crippen molar-refractivity contribution in [3.8, 4) is 0 Å². The summed E-state index contributed by atoms with van der Waals surface area (Å²) in [5.41, 5.74) is 1.22. The maximum absolute atomic E-state index is 13.1. The molecule has 270 valence electrons. The van der Waals surface area contributed by atoms with E-state index < -0.39 is 55.3 Å². The summed E-state index contributed by atoms with van der Waals surface area (Å²) in [6.45, 7) is 1.43. The molecule has 17 heteroatoms. The van der Waals surface area contributed by atoms with Crippen molar-refractivity contribution in [1.29, 1.82) is 0 Å². The van der Waals surface area contributed by atoms with Gasteiger partial charge >= 0.3 is 11.9 Å². The summed E-state index contributed by atoms with van der Waals surface area (Å²) in [6.07, 6.45) is 4.04. The van der Waals surface area contributed by atoms with Crippen molar-refractivity contribution in [1.82, 2.24) is 4.72 Å². The molecule has 0 bridgehead atoms. The molecule has 4 aromatic rings. The molecule has 1 spiro atoms. The highest BCUT2D eigenvalue weighted by Gasteiger charge is 2.60. The van der Waals surface area contributed by atoms with Gasteiger partial charge in [0.05, 0.1) is 4.90 Å². The largest absolute Gasteiger partial charge is 0.480 e. The number of aliphatic carboxylic acids is 2. The van der Waals surface area contributed by atoms with Gasteiger partial charge in [-0.25, -0.2) is 17.9 Å². The van der Waals surface area contributed by atoms with Gasteiger partial charge in [-0.05, 0) is 74.2 Å². The number of carbonyl (C=O) groups is 2. The Morgan fingerprint density at radius 1 is 1.08 bits per heavy atom. The number of nitrogens with one attached hydrogen (secondary N) is 1. The number of fused-ring (bicyclic) bond motifs is 3. The molecule has 1 aliphatic heterocycles. The Labute approximate surface area is 308 Å². The lowest BCUT2D eigenvalue weighted by molar-refractivity contribution is -0.669. The first-order chi connectivity index (χ1) is 24.1. The highest BCUT2D eigenvalue weighted by Crippen LogP contribution is 2.63. The minimum atomic E-state index is -4.31. The van der Waals surface area contributed by atoms with Gasteiger partial charge in [0.15, 0.2) is 6.54 Å². The van der Waals surface area contributed by atoms with Gasteiger partial charge in [0.25, 0.3) is 15.1 Å². The van der Waals surface area contributed by atoms with Crippen LogP contribution in [0.2, 0.25) is 5.02 Å². The van der Waals surface area contributed by atoms with Gasteiger partial charge in [0.1, 0.15) is 22.5 Å². The number of thiazole rings is 1. The number of carboxylic acids is 2. The van der Waals surface area contributed by atoms with Gasteiger partial charge in [-0.3, -0.25) is 9.35 Å². The summed E-state index contributed by atoms with van der Waals surface area (Å²) in [7, 11) is -8.23. The third-order valence-electron chi connectivity index (χ3n) is 9.39. The van der Waals surface area contributed by atoms with Crippen LogP contribution in [-0.4, -0.2) is 67.9 Å². The summed E-state index contributed by atoms with van der Waals surface area (Å²) in [6, 6.07) is 17.5. The first-order valence-electron chi connectivity index (χ1n) is 16.0. The number of carboxylic acid groups (broad SMARTS) is 2. The quantitative estimate of drug-likeness (QED) is 0.0729. The SMILES string of the molecule is CC(C(=O)O)N(CC(=O)O)c1ccc(S(=O)(=O)NCCCC[n+]2c(/C=C3\Sc4ccccc4C34CCC4S(=O)(=O)O)sc3ccc(Cl)cc32)cc1. The molecule has 3 atom stereocenters. The number of thioether (sulfide) groups is 1. The molecule has 4 N–H and O–H groups in total. The van der Waals surface area contributed by atoms with Crippen molar-refractivity contribution >= 4 is 88.8 Å². The molecule has 1 fully saturated rings. The second kappa shape index (κ2) is 14.5. The molecule has 1 aromatic heterocycles. The highest BCUT2D eigenvalue weighted by atomic mass is 35.5. The van der Waals surface area contributed by atoms with Crippen molar-refractivity contribution in [3.05, 3.63) is 87.2 Å². The van der Waals surface area contributed by atoms with Crippen molar-refractivity contribution in [2.24, 2.45) is 0 Å². The van der Waals surface area contributed by atoms with E-state index in [1.165, 1.54) is 54.3 Å². The number of anilines is 1. The molecule has 0 amide bonds. The van der Waals surface area contributed by atoms with E-state index in [9.17, 15) is 41.2 Å². The van der Waals surface area contributed by atoms with Crippen LogP contribution in [0.15, 0.2) is 81.4 Å². The van der Waals surface area contributed by atoms with Crippen molar-refractivity contribution in [2.75, 3.05) is 18.0 Å². The zero-order valence-electron chi connectivity index (χ0n) is 27.2. The molecule has 2 aliphatic rings. The number of hydrogen-bond donors (Lipinski definition) is 4. The lowest BCUT2D eigenvalue weighted by Gasteiger charge is -2.46. The monoisotopic (exact) mass is 792 g/mol. The van der Waals surface area contributed by atoms with Crippen molar-refractivity contribution < 1.29 is 45.8 Å². The van der Waals surface area contributed by atoms with Crippen molar-refractivity contribution in [3.63, 3.8) is 0 Å². The number of rotatable bonds is 14. The Balaban J connectivity index is 1.18. The fourth-order valence-corrected chi connectivity index (χ4v) is 12.0. The summed E-state index contributed by atoms with van der Waals surface area (Å²) < 4.78 is 67.1. The molecule has 1 aliphatic carbocycles. The van der Waals surface area contributed by atoms with Gasteiger partial charge < -0.3 is 15.1 Å². The van der Waals surface area contributed by atoms with E-state index in [1.54, 1.807) is 6.07 Å². The van der Waals surface area contributed by atoms with Gasteiger partial charge in [-0.15, -0.1) is 0 Å². The first kappa shape index (κ1) is 37.3. The Morgan fingerprint density at radius 3 is 2.45 bits per heavy atom. The van der Waals surface area contributed by atoms with E-state index in [-0.39, 0.29) is 17.1 Å². The number of aryl methyl sites for hydroxylation is 1. The van der Waals surface area contributed by atoms with Gasteiger partial charge in [0, 0.05) is 51.0 Å². The minimum absolute atomic E-state index is 0.0468. The summed E-state index contributed by atoms with van der Waals surface area (Å²) in [4.78, 5) is 25.7. The van der Waals surface area contributed by atoms with E-state index in [0.29, 0.717) is 37.3 Å². The van der Waals surface area contributed by atoms with E-state index in [4.69, 9.17) is 11.6 Å². The summed E-state index contributed by atoms with van der Waals surface area (Å²) >= 11 is 9.45. The van der Waals surface area contributed by atoms with Crippen molar-refractivity contribution in [2.45, 2.75) is 65.6 Å². The summed E-state index contributed by atoms with van der Waals surface area (Å²) in [5, 5.41) is 19.1. The van der Waals surface area contributed by atoms with Crippen LogP contribution < -0.4 is 14.2 Å². The topological polar surface area (TPSA) is 182 Å². The first-order valence-corrected chi connectivity index (χ1v) is 21.0. The Hall–Kier alpha value is -3.51. The molecule has 1 saturated carbocycles. The maximum Gasteiger partial charge on any atom is 0.326 e. The highest BCUT2D eigenvalue weighted by molar-refractivity contribution is 8.03. The van der Waals surface area contributed by atoms with Crippen LogP contribution in [0.3, 0.4) is 0 Å². The lowest BCUT2D eigenvalue weighted by Crippen LogP contribution is -2.52. The van der Waals surface area contributed by atoms with Crippen LogP contribution in [0, 0.1) is 0 Å². The average molecular weight is 793 g/mol. The number of halogens is 1. The van der Waals surface area contributed by atoms with Crippen LogP contribution in [-0.2, 0) is 41.7 Å². The Bertz CT molecular complexity index is 2260. The van der Waals surface area contributed by atoms with Gasteiger partial charge in [-0.1, -0.05) is 52.9 Å². The van der Waals surface area contributed by atoms with Crippen LogP contribution in [0.4, 0.5) is 5.69 Å². The second-order valence-electron chi connectivity index (χ2n) is 12.5. The van der Waals surface area contributed by atoms with Crippen LogP contribution >= 0.6 is 34.7 Å². The predicted octanol–water partition coefficient (Wildman–Crippen LogP) is 5.40. The number of benzene rings is 3. The van der Waals surface area contributed by atoms with Crippen LogP contribution in [0.25, 0.3) is 16.3 Å². The smallest absolute Gasteiger partial charge is 0.326 e. The normalized spacial score (nSPS) is 20.0. The zero-order valence-corrected chi connectivity index (χ0v) is 31.3. The number of allylic oxidation sites excluding steroid dienone is 1. The second-order valence-corrected chi connectivity index (χ2v) is 18.4. The summed E-state index contributed by atoms with van der Waals surface area (Å²) in [5.74, 6) is -2.44. The molecular formula is C34H35ClN3O9S4+. The molecule has 3 unspecified atom stereocenters. The predicted molar refractivity (Wildman–Crippen MR) is 196 cm³/mol. The number of unbranched alkanes of at least 4 members (excludes halogenated alkanes) is 1. The third-order valence-corrected chi connectivity index (χ3v) is 14.9. The van der Waals surface area contributed by atoms with E-state index >= 15 is 0 Å². The van der Waals surface area contributed by atoms with Gasteiger partial charge in [-0.2, -0.15) is 13.0 Å². The number of nitrogens with zero attached hydrogens (tertiary/aromatic N) is 2. The number of aromatic nitrogens is 1. The standard InChI is InChI=1S/C34H34ClN3O9S4/c1-21(33(41)42)38(20-32(39)40)23-9-11-24(12-10-23)50(43,44)36-16-4-5-17-37-26-18-22(35)8-13-28(26)49-31(37)19-29-34(15-14-30(34)51(45,46)47)25-6-2-3-7-27(25)48-29/h2-3,6-13,18-19,21,30,36H,4-5,14-17,20H2,1H3,(H2-,39,40,41,42,45,46,47)/p+1/b29-19-. The third kappa shape index (κ3) is 7.40. The zero-order chi connectivity index (χ0) is 36.7. The molecule has 12 nitrogen and oxygen atoms in total. The molecule has 2 heterocycles. The maximum atomic E-state index is 13.1. The Morgan fingerprint density at radius 2 is 1.80 bits per heavy atom. The molecule has 3 aromatic carbocycles. The molecule has 51 heavy (non-hydrogen) atoms. The van der Waals surface area contributed by atoms with E-state index in [1.807, 2.05) is 42.5 Å². The fraction of sp³-hybridized carbons (Fsp3) is 0.324.